The quantitative estimate of drug-likeness (QED) is 0.851. The molecule has 6 nitrogen and oxygen atoms in total. The van der Waals surface area contributed by atoms with E-state index in [4.69, 9.17) is 4.74 Å². The molecule has 1 fully saturated rings. The number of benzene rings is 2. The SMILES string of the molecule is CCOC(=O)N1CCNCC1c1ccc(NCc2ccccc2)cc1C#N. The van der Waals surface area contributed by atoms with Crippen LogP contribution in [0.15, 0.2) is 48.5 Å². The number of ether oxygens (including phenoxy) is 1. The van der Waals surface area contributed by atoms with E-state index in [1.165, 1.54) is 5.56 Å². The van der Waals surface area contributed by atoms with Gasteiger partial charge in [-0.15, -0.1) is 0 Å². The number of amides is 1. The van der Waals surface area contributed by atoms with Gasteiger partial charge in [0.15, 0.2) is 0 Å². The van der Waals surface area contributed by atoms with Crippen molar-refractivity contribution in [3.63, 3.8) is 0 Å². The number of piperazine rings is 1. The molecule has 1 aliphatic heterocycles. The molecule has 1 atom stereocenters. The Labute approximate surface area is 159 Å². The van der Waals surface area contributed by atoms with Gasteiger partial charge in [-0.2, -0.15) is 5.26 Å². The fourth-order valence-corrected chi connectivity index (χ4v) is 3.26. The second-order valence-electron chi connectivity index (χ2n) is 6.37. The van der Waals surface area contributed by atoms with Crippen LogP contribution < -0.4 is 10.6 Å². The first-order chi connectivity index (χ1) is 13.2. The summed E-state index contributed by atoms with van der Waals surface area (Å²) in [6.07, 6.45) is -0.334. The molecule has 140 valence electrons. The Kier molecular flexibility index (Phi) is 6.29. The van der Waals surface area contributed by atoms with Crippen molar-refractivity contribution >= 4 is 11.8 Å². The van der Waals surface area contributed by atoms with E-state index in [1.54, 1.807) is 11.8 Å². The molecule has 1 aliphatic rings. The van der Waals surface area contributed by atoms with E-state index in [9.17, 15) is 10.1 Å². The van der Waals surface area contributed by atoms with Crippen molar-refractivity contribution in [2.45, 2.75) is 19.5 Å². The van der Waals surface area contributed by atoms with Gasteiger partial charge in [0.1, 0.15) is 0 Å². The first-order valence-electron chi connectivity index (χ1n) is 9.19. The van der Waals surface area contributed by atoms with Crippen molar-refractivity contribution in [1.82, 2.24) is 10.2 Å². The van der Waals surface area contributed by atoms with Crippen LogP contribution in [0.2, 0.25) is 0 Å². The van der Waals surface area contributed by atoms with Gasteiger partial charge in [-0.1, -0.05) is 36.4 Å². The predicted octanol–water partition coefficient (Wildman–Crippen LogP) is 3.27. The van der Waals surface area contributed by atoms with E-state index in [2.05, 4.69) is 28.8 Å². The van der Waals surface area contributed by atoms with Gasteiger partial charge in [0, 0.05) is 31.9 Å². The number of nitriles is 1. The molecule has 3 rings (SSSR count). The summed E-state index contributed by atoms with van der Waals surface area (Å²) in [7, 11) is 0. The zero-order chi connectivity index (χ0) is 19.1. The third-order valence-corrected chi connectivity index (χ3v) is 4.62. The first-order valence-corrected chi connectivity index (χ1v) is 9.19. The molecule has 27 heavy (non-hydrogen) atoms. The number of carbonyl (C=O) groups excluding carboxylic acids is 1. The van der Waals surface area contributed by atoms with E-state index in [1.807, 2.05) is 36.4 Å². The van der Waals surface area contributed by atoms with E-state index < -0.39 is 0 Å². The zero-order valence-electron chi connectivity index (χ0n) is 15.4. The highest BCUT2D eigenvalue weighted by Crippen LogP contribution is 2.28. The highest BCUT2D eigenvalue weighted by atomic mass is 16.6. The van der Waals surface area contributed by atoms with Crippen LogP contribution in [-0.2, 0) is 11.3 Å². The van der Waals surface area contributed by atoms with Gasteiger partial charge in [0.2, 0.25) is 0 Å². The van der Waals surface area contributed by atoms with Gasteiger partial charge in [0.05, 0.1) is 24.3 Å². The number of anilines is 1. The minimum atomic E-state index is -0.334. The van der Waals surface area contributed by atoms with Crippen LogP contribution in [0.25, 0.3) is 0 Å². The van der Waals surface area contributed by atoms with Crippen LogP contribution in [0.1, 0.15) is 29.7 Å². The molecule has 0 radical (unpaired) electrons. The van der Waals surface area contributed by atoms with Crippen LogP contribution in [0, 0.1) is 11.3 Å². The maximum atomic E-state index is 12.3. The summed E-state index contributed by atoms with van der Waals surface area (Å²) in [5, 5.41) is 16.3. The van der Waals surface area contributed by atoms with Gasteiger partial charge >= 0.3 is 6.09 Å². The summed E-state index contributed by atoms with van der Waals surface area (Å²) in [6, 6.07) is 17.9. The normalized spacial score (nSPS) is 16.4. The van der Waals surface area contributed by atoms with Crippen molar-refractivity contribution in [2.75, 3.05) is 31.6 Å². The molecule has 0 bridgehead atoms. The molecule has 2 aromatic carbocycles. The summed E-state index contributed by atoms with van der Waals surface area (Å²) in [4.78, 5) is 14.0. The third kappa shape index (κ3) is 4.57. The van der Waals surface area contributed by atoms with Crippen LogP contribution in [-0.4, -0.2) is 37.2 Å². The summed E-state index contributed by atoms with van der Waals surface area (Å²) in [5.41, 5.74) is 3.45. The molecule has 0 saturated carbocycles. The molecule has 0 spiro atoms. The van der Waals surface area contributed by atoms with Crippen molar-refractivity contribution < 1.29 is 9.53 Å². The number of nitrogens with zero attached hydrogens (tertiary/aromatic N) is 2. The Balaban J connectivity index is 1.78. The monoisotopic (exact) mass is 364 g/mol. The van der Waals surface area contributed by atoms with Crippen LogP contribution >= 0.6 is 0 Å². The molecule has 2 aromatic rings. The first kappa shape index (κ1) is 18.7. The largest absolute Gasteiger partial charge is 0.450 e. The topological polar surface area (TPSA) is 77.4 Å². The Morgan fingerprint density at radius 3 is 2.89 bits per heavy atom. The van der Waals surface area contributed by atoms with E-state index in [0.29, 0.717) is 38.3 Å². The highest BCUT2D eigenvalue weighted by molar-refractivity contribution is 5.69. The molecular weight excluding hydrogens is 340 g/mol. The molecule has 0 aliphatic carbocycles. The number of hydrogen-bond acceptors (Lipinski definition) is 5. The van der Waals surface area contributed by atoms with Crippen molar-refractivity contribution in [3.05, 3.63) is 65.2 Å². The number of hydrogen-bond donors (Lipinski definition) is 2. The molecule has 1 unspecified atom stereocenters. The second-order valence-corrected chi connectivity index (χ2v) is 6.37. The smallest absolute Gasteiger partial charge is 0.410 e. The summed E-state index contributed by atoms with van der Waals surface area (Å²) in [5.74, 6) is 0. The van der Waals surface area contributed by atoms with Crippen molar-refractivity contribution in [3.8, 4) is 6.07 Å². The lowest BCUT2D eigenvalue weighted by atomic mass is 9.97. The average molecular weight is 364 g/mol. The maximum absolute atomic E-state index is 12.3. The van der Waals surface area contributed by atoms with Gasteiger partial charge in [0.25, 0.3) is 0 Å². The lowest BCUT2D eigenvalue weighted by Crippen LogP contribution is -2.49. The van der Waals surface area contributed by atoms with Gasteiger partial charge in [-0.05, 0) is 30.2 Å². The zero-order valence-corrected chi connectivity index (χ0v) is 15.4. The predicted molar refractivity (Wildman–Crippen MR) is 104 cm³/mol. The Morgan fingerprint density at radius 2 is 2.15 bits per heavy atom. The van der Waals surface area contributed by atoms with Crippen LogP contribution in [0.5, 0.6) is 0 Å². The third-order valence-electron chi connectivity index (χ3n) is 4.62. The molecule has 0 aromatic heterocycles. The highest BCUT2D eigenvalue weighted by Gasteiger charge is 2.30. The number of carbonyl (C=O) groups is 1. The van der Waals surface area contributed by atoms with Crippen molar-refractivity contribution in [2.24, 2.45) is 0 Å². The average Bonchev–Trinajstić information content (AvgIpc) is 2.73. The minimum absolute atomic E-state index is 0.212. The van der Waals surface area contributed by atoms with Gasteiger partial charge in [-0.25, -0.2) is 4.79 Å². The van der Waals surface area contributed by atoms with Crippen molar-refractivity contribution in [1.29, 1.82) is 5.26 Å². The standard InChI is InChI=1S/C21H24N4O2/c1-2-27-21(26)25-11-10-23-15-20(25)19-9-8-18(12-17(19)13-22)24-14-16-6-4-3-5-7-16/h3-9,12,20,23-24H,2,10-11,14-15H2,1H3. The molecule has 2 N–H and O–H groups in total. The summed E-state index contributed by atoms with van der Waals surface area (Å²) >= 11 is 0. The van der Waals surface area contributed by atoms with E-state index in [-0.39, 0.29) is 12.1 Å². The second kappa shape index (κ2) is 9.06. The molecule has 1 amide bonds. The fraction of sp³-hybridized carbons (Fsp3) is 0.333. The van der Waals surface area contributed by atoms with E-state index >= 15 is 0 Å². The summed E-state index contributed by atoms with van der Waals surface area (Å²) in [6.45, 7) is 4.69. The molecule has 6 heteroatoms. The molecular formula is C21H24N4O2. The van der Waals surface area contributed by atoms with Gasteiger partial charge < -0.3 is 15.4 Å². The lowest BCUT2D eigenvalue weighted by Gasteiger charge is -2.36. The molecule has 1 heterocycles. The summed E-state index contributed by atoms with van der Waals surface area (Å²) < 4.78 is 5.18. The molecule has 1 saturated heterocycles. The Bertz CT molecular complexity index is 817. The van der Waals surface area contributed by atoms with Crippen LogP contribution in [0.3, 0.4) is 0 Å². The fourth-order valence-electron chi connectivity index (χ4n) is 3.26. The minimum Gasteiger partial charge on any atom is -0.450 e. The maximum Gasteiger partial charge on any atom is 0.410 e. The lowest BCUT2D eigenvalue weighted by molar-refractivity contribution is 0.0810. The van der Waals surface area contributed by atoms with Crippen LogP contribution in [0.4, 0.5) is 10.5 Å². The number of rotatable bonds is 5. The Hall–Kier alpha value is -3.04. The number of nitrogens with one attached hydrogen (secondary N) is 2. The van der Waals surface area contributed by atoms with E-state index in [0.717, 1.165) is 11.3 Å². The Morgan fingerprint density at radius 1 is 1.33 bits per heavy atom. The van der Waals surface area contributed by atoms with Gasteiger partial charge in [-0.3, -0.25) is 4.90 Å².